The van der Waals surface area contributed by atoms with Crippen LogP contribution in [0.2, 0.25) is 0 Å². The van der Waals surface area contributed by atoms with Crippen LogP contribution in [-0.2, 0) is 14.8 Å². The maximum Gasteiger partial charge on any atom is 0.268 e. The monoisotopic (exact) mass is 470 g/mol. The molecule has 0 spiro atoms. The zero-order valence-corrected chi connectivity index (χ0v) is 18.2. The molecule has 0 unspecified atom stereocenters. The number of rotatable bonds is 4. The first-order chi connectivity index (χ1) is 15.3. The van der Waals surface area contributed by atoms with Crippen LogP contribution in [0.3, 0.4) is 0 Å². The van der Waals surface area contributed by atoms with Crippen molar-refractivity contribution in [1.29, 1.82) is 0 Å². The fourth-order valence-corrected chi connectivity index (χ4v) is 6.36. The van der Waals surface area contributed by atoms with Gasteiger partial charge in [-0.2, -0.15) is 4.98 Å². The fourth-order valence-electron chi connectivity index (χ4n) is 3.43. The molecule has 5 rings (SSSR count). The first-order valence-electron chi connectivity index (χ1n) is 9.45. The Balaban J connectivity index is 1.52. The second-order valence-electron chi connectivity index (χ2n) is 7.04. The van der Waals surface area contributed by atoms with E-state index in [9.17, 15) is 17.6 Å². The van der Waals surface area contributed by atoms with Gasteiger partial charge in [0.05, 0.1) is 16.3 Å². The Bertz CT molecular complexity index is 1460. The van der Waals surface area contributed by atoms with Gasteiger partial charge in [0.1, 0.15) is 17.3 Å². The molecule has 0 saturated heterocycles. The van der Waals surface area contributed by atoms with Crippen LogP contribution in [0.15, 0.2) is 64.0 Å². The van der Waals surface area contributed by atoms with Crippen molar-refractivity contribution in [2.45, 2.75) is 11.8 Å². The number of carbonyl (C=O) groups excluding carboxylic acids is 1. The molecule has 2 aromatic carbocycles. The van der Waals surface area contributed by atoms with Crippen LogP contribution < -0.4 is 9.62 Å². The van der Waals surface area contributed by atoms with Crippen molar-refractivity contribution in [3.8, 4) is 22.2 Å². The van der Waals surface area contributed by atoms with Crippen molar-refractivity contribution in [1.82, 2.24) is 10.1 Å². The SMILES string of the molecule is Cc1sc(-c2nc(-c3cccc(F)c3)no2)cc1S(=O)(=O)N1CC(=O)Nc2ccccc21. The van der Waals surface area contributed by atoms with E-state index in [4.69, 9.17) is 4.52 Å². The molecule has 0 atom stereocenters. The summed E-state index contributed by atoms with van der Waals surface area (Å²) in [6, 6.07) is 13.9. The van der Waals surface area contributed by atoms with E-state index in [1.54, 1.807) is 37.3 Å². The molecule has 0 bridgehead atoms. The molecule has 0 saturated carbocycles. The lowest BCUT2D eigenvalue weighted by Crippen LogP contribution is -2.42. The predicted octanol–water partition coefficient (Wildman–Crippen LogP) is 4.06. The van der Waals surface area contributed by atoms with Gasteiger partial charge in [-0.3, -0.25) is 9.10 Å². The van der Waals surface area contributed by atoms with Gasteiger partial charge in [-0.05, 0) is 37.3 Å². The normalized spacial score (nSPS) is 13.7. The summed E-state index contributed by atoms with van der Waals surface area (Å²) in [6.45, 7) is 1.34. The largest absolute Gasteiger partial charge is 0.333 e. The number of hydrogen-bond acceptors (Lipinski definition) is 7. The number of aryl methyl sites for hydroxylation is 1. The highest BCUT2D eigenvalue weighted by molar-refractivity contribution is 7.93. The van der Waals surface area contributed by atoms with Crippen molar-refractivity contribution < 1.29 is 22.1 Å². The van der Waals surface area contributed by atoms with E-state index in [0.717, 1.165) is 4.31 Å². The summed E-state index contributed by atoms with van der Waals surface area (Å²) in [4.78, 5) is 17.4. The van der Waals surface area contributed by atoms with Crippen LogP contribution in [0, 0.1) is 12.7 Å². The summed E-state index contributed by atoms with van der Waals surface area (Å²) in [7, 11) is -4.03. The minimum absolute atomic E-state index is 0.0486. The summed E-state index contributed by atoms with van der Waals surface area (Å²) >= 11 is 1.18. The number of thiophene rings is 1. The quantitative estimate of drug-likeness (QED) is 0.482. The Morgan fingerprint density at radius 2 is 1.97 bits per heavy atom. The molecule has 2 aromatic heterocycles. The third-order valence-corrected chi connectivity index (χ3v) is 7.95. The second kappa shape index (κ2) is 7.53. The van der Waals surface area contributed by atoms with Gasteiger partial charge in [0.25, 0.3) is 15.9 Å². The minimum Gasteiger partial charge on any atom is -0.333 e. The number of carbonyl (C=O) groups is 1. The van der Waals surface area contributed by atoms with E-state index >= 15 is 0 Å². The van der Waals surface area contributed by atoms with Gasteiger partial charge in [-0.1, -0.05) is 29.4 Å². The third kappa shape index (κ3) is 3.45. The molecule has 0 aliphatic carbocycles. The molecule has 1 aliphatic rings. The smallest absolute Gasteiger partial charge is 0.268 e. The number of hydrogen-bond donors (Lipinski definition) is 1. The van der Waals surface area contributed by atoms with Gasteiger partial charge < -0.3 is 9.84 Å². The van der Waals surface area contributed by atoms with E-state index in [0.29, 0.717) is 26.7 Å². The first kappa shape index (κ1) is 20.3. The highest BCUT2D eigenvalue weighted by Crippen LogP contribution is 2.38. The fraction of sp³-hybridized carbons (Fsp3) is 0.0952. The molecule has 1 aliphatic heterocycles. The molecular weight excluding hydrogens is 455 g/mol. The number of sulfonamides is 1. The summed E-state index contributed by atoms with van der Waals surface area (Å²) < 4.78 is 46.8. The topological polar surface area (TPSA) is 105 Å². The standard InChI is InChI=1S/C21H15FN4O4S2/c1-12-18(32(28,29)26-11-19(27)23-15-7-2-3-8-16(15)26)10-17(31-12)21-24-20(25-30-21)13-5-4-6-14(22)9-13/h2-10H,11H2,1H3,(H,23,27). The zero-order chi connectivity index (χ0) is 22.5. The number of nitrogens with one attached hydrogen (secondary N) is 1. The summed E-state index contributed by atoms with van der Waals surface area (Å²) in [5.74, 6) is -0.538. The highest BCUT2D eigenvalue weighted by atomic mass is 32.2. The molecular formula is C21H15FN4O4S2. The maximum atomic E-state index is 13.5. The number of fused-ring (bicyclic) bond motifs is 1. The molecule has 0 fully saturated rings. The van der Waals surface area contributed by atoms with Crippen molar-refractivity contribution in [3.63, 3.8) is 0 Å². The van der Waals surface area contributed by atoms with Crippen LogP contribution in [0.4, 0.5) is 15.8 Å². The lowest BCUT2D eigenvalue weighted by atomic mass is 10.2. The van der Waals surface area contributed by atoms with Gasteiger partial charge in [-0.15, -0.1) is 11.3 Å². The van der Waals surface area contributed by atoms with Gasteiger partial charge >= 0.3 is 0 Å². The van der Waals surface area contributed by atoms with Gasteiger partial charge in [0.2, 0.25) is 11.7 Å². The molecule has 8 nitrogen and oxygen atoms in total. The van der Waals surface area contributed by atoms with Crippen LogP contribution in [-0.4, -0.2) is 31.0 Å². The number of halogens is 1. The zero-order valence-electron chi connectivity index (χ0n) is 16.6. The summed E-state index contributed by atoms with van der Waals surface area (Å²) in [5.41, 5.74) is 1.26. The average molecular weight is 471 g/mol. The van der Waals surface area contributed by atoms with E-state index in [1.165, 1.54) is 35.6 Å². The van der Waals surface area contributed by atoms with E-state index in [1.807, 2.05) is 0 Å². The van der Waals surface area contributed by atoms with Crippen LogP contribution in [0.25, 0.3) is 22.2 Å². The number of anilines is 2. The number of nitrogens with zero attached hydrogens (tertiary/aromatic N) is 3. The number of amides is 1. The molecule has 11 heteroatoms. The first-order valence-corrected chi connectivity index (χ1v) is 11.7. The second-order valence-corrected chi connectivity index (χ2v) is 10.1. The van der Waals surface area contributed by atoms with Gasteiger partial charge in [0, 0.05) is 10.4 Å². The Labute approximate surface area is 186 Å². The molecule has 4 aromatic rings. The van der Waals surface area contributed by atoms with Crippen LogP contribution >= 0.6 is 11.3 Å². The van der Waals surface area contributed by atoms with Crippen molar-refractivity contribution >= 4 is 38.6 Å². The van der Waals surface area contributed by atoms with E-state index < -0.39 is 21.7 Å². The van der Waals surface area contributed by atoms with Crippen LogP contribution in [0.1, 0.15) is 4.88 Å². The molecule has 0 radical (unpaired) electrons. The maximum absolute atomic E-state index is 13.5. The lowest BCUT2D eigenvalue weighted by molar-refractivity contribution is -0.115. The van der Waals surface area contributed by atoms with E-state index in [2.05, 4.69) is 15.5 Å². The molecule has 162 valence electrons. The van der Waals surface area contributed by atoms with Crippen LogP contribution in [0.5, 0.6) is 0 Å². The molecule has 32 heavy (non-hydrogen) atoms. The minimum atomic E-state index is -4.03. The molecule has 3 heterocycles. The third-order valence-electron chi connectivity index (χ3n) is 4.89. The van der Waals surface area contributed by atoms with Crippen molar-refractivity contribution in [2.75, 3.05) is 16.2 Å². The summed E-state index contributed by atoms with van der Waals surface area (Å²) in [6.07, 6.45) is 0. The van der Waals surface area contributed by atoms with Crippen molar-refractivity contribution in [3.05, 3.63) is 65.3 Å². The Morgan fingerprint density at radius 3 is 2.78 bits per heavy atom. The van der Waals surface area contributed by atoms with Crippen molar-refractivity contribution in [2.24, 2.45) is 0 Å². The summed E-state index contributed by atoms with van der Waals surface area (Å²) in [5, 5.41) is 6.55. The number of aromatic nitrogens is 2. The van der Waals surface area contributed by atoms with E-state index in [-0.39, 0.29) is 23.2 Å². The molecule has 1 N–H and O–H groups in total. The lowest BCUT2D eigenvalue weighted by Gasteiger charge is -2.29. The highest BCUT2D eigenvalue weighted by Gasteiger charge is 2.34. The molecule has 1 amide bonds. The number of para-hydroxylation sites is 2. The Hall–Kier alpha value is -3.57. The Morgan fingerprint density at radius 1 is 1.16 bits per heavy atom. The Kier molecular flexibility index (Phi) is 4.79. The predicted molar refractivity (Wildman–Crippen MR) is 117 cm³/mol. The van der Waals surface area contributed by atoms with Gasteiger partial charge in [0.15, 0.2) is 0 Å². The van der Waals surface area contributed by atoms with Gasteiger partial charge in [-0.25, -0.2) is 12.8 Å². The average Bonchev–Trinajstić information content (AvgIpc) is 3.40. The number of benzene rings is 2.